The molecule has 1 aromatic rings. The zero-order chi connectivity index (χ0) is 13.4. The minimum absolute atomic E-state index is 0.694. The average molecular weight is 222 g/mol. The highest BCUT2D eigenvalue weighted by Gasteiger charge is 1.87. The van der Waals surface area contributed by atoms with E-state index in [1.54, 1.807) is 12.1 Å². The molecular weight excluding hydrogens is 200 g/mol. The smallest absolute Gasteiger partial charge is 0.106 e. The molecule has 3 heteroatoms. The van der Waals surface area contributed by atoms with Crippen molar-refractivity contribution in [3.8, 4) is 6.07 Å². The van der Waals surface area contributed by atoms with E-state index in [-0.39, 0.29) is 0 Å². The average Bonchev–Trinajstić information content (AvgIpc) is 2.45. The summed E-state index contributed by atoms with van der Waals surface area (Å²) in [6, 6.07) is 9.36. The van der Waals surface area contributed by atoms with E-state index in [9.17, 15) is 0 Å². The summed E-state index contributed by atoms with van der Waals surface area (Å²) < 4.78 is 0. The Kier molecular flexibility index (Phi) is 23.2. The molecular formula is C13H22N2O. The van der Waals surface area contributed by atoms with Crippen molar-refractivity contribution in [1.29, 1.82) is 5.26 Å². The van der Waals surface area contributed by atoms with Crippen molar-refractivity contribution in [3.05, 3.63) is 29.8 Å². The van der Waals surface area contributed by atoms with E-state index in [0.29, 0.717) is 5.56 Å². The minimum atomic E-state index is 0.694. The molecule has 0 radical (unpaired) electrons. The topological polar surface area (TPSA) is 52.9 Å². The molecule has 0 fully saturated rings. The highest BCUT2D eigenvalue weighted by Crippen LogP contribution is 2.06. The van der Waals surface area contributed by atoms with Crippen LogP contribution in [-0.4, -0.2) is 13.8 Å². The molecule has 0 saturated heterocycles. The molecule has 1 aromatic carbocycles. The highest BCUT2D eigenvalue weighted by molar-refractivity contribution is 5.46. The Balaban J connectivity index is -0.000000245. The van der Waals surface area contributed by atoms with E-state index in [1.807, 2.05) is 53.7 Å². The van der Waals surface area contributed by atoms with Gasteiger partial charge in [-0.05, 0) is 24.3 Å². The van der Waals surface area contributed by atoms with E-state index < -0.39 is 0 Å². The second-order valence-electron chi connectivity index (χ2n) is 1.94. The van der Waals surface area contributed by atoms with Crippen LogP contribution in [0.2, 0.25) is 0 Å². The van der Waals surface area contributed by atoms with Crippen molar-refractivity contribution >= 4 is 12.5 Å². The molecule has 0 atom stereocenters. The lowest BCUT2D eigenvalue weighted by atomic mass is 10.2. The lowest BCUT2D eigenvalue weighted by Gasteiger charge is -1.96. The van der Waals surface area contributed by atoms with Gasteiger partial charge in [0.15, 0.2) is 0 Å². The van der Waals surface area contributed by atoms with Gasteiger partial charge in [-0.15, -0.1) is 0 Å². The molecule has 0 aromatic heterocycles. The number of carbonyl (C=O) groups is 1. The van der Waals surface area contributed by atoms with Gasteiger partial charge in [0.1, 0.15) is 6.79 Å². The lowest BCUT2D eigenvalue weighted by molar-refractivity contribution is -0.0979. The van der Waals surface area contributed by atoms with E-state index in [0.717, 1.165) is 5.69 Å². The molecule has 0 heterocycles. The third kappa shape index (κ3) is 10.3. The van der Waals surface area contributed by atoms with Gasteiger partial charge >= 0.3 is 0 Å². The zero-order valence-electron chi connectivity index (χ0n) is 10.9. The lowest BCUT2D eigenvalue weighted by Crippen LogP contribution is -1.86. The first-order valence-corrected chi connectivity index (χ1v) is 5.33. The van der Waals surface area contributed by atoms with Gasteiger partial charge in [-0.25, -0.2) is 0 Å². The molecule has 0 aliphatic heterocycles. The third-order valence-corrected chi connectivity index (χ3v) is 1.30. The number of hydrogen-bond acceptors (Lipinski definition) is 3. The summed E-state index contributed by atoms with van der Waals surface area (Å²) in [5, 5.41) is 11.4. The van der Waals surface area contributed by atoms with Gasteiger partial charge in [0.05, 0.1) is 11.6 Å². The van der Waals surface area contributed by atoms with Crippen LogP contribution in [-0.2, 0) is 4.79 Å². The van der Waals surface area contributed by atoms with Crippen LogP contribution >= 0.6 is 0 Å². The highest BCUT2D eigenvalue weighted by atomic mass is 16.1. The predicted octanol–water partition coefficient (Wildman–Crippen LogP) is 3.47. The maximum atomic E-state index is 8.43. The summed E-state index contributed by atoms with van der Waals surface area (Å²) in [5.41, 5.74) is 1.72. The standard InChI is InChI=1S/C8H8N2.2C2H6.CH2O/c1-10-8-4-2-7(6-9)3-5-8;3*1-2/h2-5,10H,1H3;2*1-2H3;1H2. The van der Waals surface area contributed by atoms with E-state index >= 15 is 0 Å². The molecule has 90 valence electrons. The normalized spacial score (nSPS) is 6.25. The quantitative estimate of drug-likeness (QED) is 0.791. The third-order valence-electron chi connectivity index (χ3n) is 1.30. The number of nitrogens with one attached hydrogen (secondary N) is 1. The molecule has 16 heavy (non-hydrogen) atoms. The van der Waals surface area contributed by atoms with Crippen LogP contribution in [0.3, 0.4) is 0 Å². The molecule has 0 bridgehead atoms. The first kappa shape index (κ1) is 19.7. The van der Waals surface area contributed by atoms with Crippen molar-refractivity contribution in [2.24, 2.45) is 0 Å². The summed E-state index contributed by atoms with van der Waals surface area (Å²) >= 11 is 0. The number of carbonyl (C=O) groups excluding carboxylic acids is 1. The Hall–Kier alpha value is -1.82. The molecule has 1 N–H and O–H groups in total. The summed E-state index contributed by atoms with van der Waals surface area (Å²) in [7, 11) is 1.85. The van der Waals surface area contributed by atoms with Crippen LogP contribution in [0.15, 0.2) is 24.3 Å². The van der Waals surface area contributed by atoms with Crippen LogP contribution in [0.1, 0.15) is 33.3 Å². The number of hydrogen-bond donors (Lipinski definition) is 1. The van der Waals surface area contributed by atoms with Gasteiger partial charge in [-0.1, -0.05) is 27.7 Å². The van der Waals surface area contributed by atoms with E-state index in [4.69, 9.17) is 10.1 Å². The zero-order valence-corrected chi connectivity index (χ0v) is 10.9. The van der Waals surface area contributed by atoms with Crippen molar-refractivity contribution < 1.29 is 4.79 Å². The van der Waals surface area contributed by atoms with Gasteiger partial charge in [-0.2, -0.15) is 5.26 Å². The first-order valence-electron chi connectivity index (χ1n) is 5.33. The van der Waals surface area contributed by atoms with Crippen LogP contribution in [0.5, 0.6) is 0 Å². The van der Waals surface area contributed by atoms with Gasteiger partial charge in [0, 0.05) is 12.7 Å². The van der Waals surface area contributed by atoms with E-state index in [2.05, 4.69) is 11.4 Å². The Morgan fingerprint density at radius 3 is 1.69 bits per heavy atom. The van der Waals surface area contributed by atoms with Crippen molar-refractivity contribution in [3.63, 3.8) is 0 Å². The van der Waals surface area contributed by atoms with E-state index in [1.165, 1.54) is 0 Å². The van der Waals surface area contributed by atoms with Gasteiger partial charge in [-0.3, -0.25) is 0 Å². The minimum Gasteiger partial charge on any atom is -0.388 e. The van der Waals surface area contributed by atoms with Crippen molar-refractivity contribution in [2.45, 2.75) is 27.7 Å². The molecule has 0 unspecified atom stereocenters. The number of rotatable bonds is 1. The molecule has 0 aliphatic rings. The largest absolute Gasteiger partial charge is 0.388 e. The van der Waals surface area contributed by atoms with Crippen LogP contribution in [0, 0.1) is 11.3 Å². The second kappa shape index (κ2) is 18.9. The Morgan fingerprint density at radius 2 is 1.44 bits per heavy atom. The number of nitriles is 1. The molecule has 1 rings (SSSR count). The van der Waals surface area contributed by atoms with Crippen molar-refractivity contribution in [1.82, 2.24) is 0 Å². The van der Waals surface area contributed by atoms with Gasteiger partial charge < -0.3 is 10.1 Å². The monoisotopic (exact) mass is 222 g/mol. The maximum absolute atomic E-state index is 8.43. The summed E-state index contributed by atoms with van der Waals surface area (Å²) in [5.74, 6) is 0. The summed E-state index contributed by atoms with van der Waals surface area (Å²) in [6.45, 7) is 10.0. The fourth-order valence-electron chi connectivity index (χ4n) is 0.711. The summed E-state index contributed by atoms with van der Waals surface area (Å²) in [4.78, 5) is 8.00. The predicted molar refractivity (Wildman–Crippen MR) is 70.5 cm³/mol. The van der Waals surface area contributed by atoms with Crippen LogP contribution in [0.25, 0.3) is 0 Å². The number of benzene rings is 1. The number of nitrogens with zero attached hydrogens (tertiary/aromatic N) is 1. The first-order chi connectivity index (χ1) is 7.86. The molecule has 0 spiro atoms. The molecule has 0 aliphatic carbocycles. The van der Waals surface area contributed by atoms with Crippen molar-refractivity contribution in [2.75, 3.05) is 12.4 Å². The van der Waals surface area contributed by atoms with Gasteiger partial charge in [0.2, 0.25) is 0 Å². The Bertz CT molecular complexity index is 262. The fourth-order valence-corrected chi connectivity index (χ4v) is 0.711. The van der Waals surface area contributed by atoms with Crippen LogP contribution < -0.4 is 5.32 Å². The Morgan fingerprint density at radius 1 is 1.06 bits per heavy atom. The molecule has 3 nitrogen and oxygen atoms in total. The molecule has 0 saturated carbocycles. The second-order valence-corrected chi connectivity index (χ2v) is 1.94. The van der Waals surface area contributed by atoms with Crippen LogP contribution in [0.4, 0.5) is 5.69 Å². The van der Waals surface area contributed by atoms with Gasteiger partial charge in [0.25, 0.3) is 0 Å². The Labute approximate surface area is 99.1 Å². The molecule has 0 amide bonds. The SMILES string of the molecule is C=O.CC.CC.CNc1ccc(C#N)cc1. The summed E-state index contributed by atoms with van der Waals surface area (Å²) in [6.07, 6.45) is 0. The fraction of sp³-hybridized carbons (Fsp3) is 0.385. The maximum Gasteiger partial charge on any atom is 0.106 e. The number of anilines is 1.